The number of thiophene rings is 1. The fourth-order valence-corrected chi connectivity index (χ4v) is 6.50. The first kappa shape index (κ1) is 28.6. The Morgan fingerprint density at radius 2 is 1.87 bits per heavy atom. The number of sulfonamides is 1. The first-order valence-corrected chi connectivity index (χ1v) is 15.5. The Kier molecular flexibility index (Phi) is 10.2. The fraction of sp³-hybridized carbons (Fsp3) is 0.393. The number of morpholine rings is 1. The summed E-state index contributed by atoms with van der Waals surface area (Å²) in [5, 5.41) is 4.54. The van der Waals surface area contributed by atoms with Gasteiger partial charge < -0.3 is 14.4 Å². The minimum atomic E-state index is -3.55. The number of ether oxygens (including phenoxy) is 2. The van der Waals surface area contributed by atoms with Gasteiger partial charge in [-0.25, -0.2) is 8.42 Å². The van der Waals surface area contributed by atoms with Crippen LogP contribution in [0.25, 0.3) is 0 Å². The third-order valence-electron chi connectivity index (χ3n) is 6.34. The van der Waals surface area contributed by atoms with Gasteiger partial charge in [-0.1, -0.05) is 30.7 Å². The van der Waals surface area contributed by atoms with Crippen molar-refractivity contribution >= 4 is 38.9 Å². The summed E-state index contributed by atoms with van der Waals surface area (Å²) in [5.74, 6) is 0.735. The molecule has 0 radical (unpaired) electrons. The molecule has 0 bridgehead atoms. The van der Waals surface area contributed by atoms with Gasteiger partial charge in [-0.15, -0.1) is 0 Å². The Hall–Kier alpha value is -2.43. The van der Waals surface area contributed by atoms with E-state index >= 15 is 0 Å². The van der Waals surface area contributed by atoms with Crippen LogP contribution in [-0.4, -0.2) is 63.0 Å². The lowest BCUT2D eigenvalue weighted by Crippen LogP contribution is -2.40. The van der Waals surface area contributed by atoms with Gasteiger partial charge >= 0.3 is 0 Å². The zero-order valence-corrected chi connectivity index (χ0v) is 23.9. The van der Waals surface area contributed by atoms with E-state index in [9.17, 15) is 13.2 Å². The summed E-state index contributed by atoms with van der Waals surface area (Å²) in [4.78, 5) is 15.5. The van der Waals surface area contributed by atoms with Gasteiger partial charge in [-0.3, -0.25) is 4.79 Å². The molecule has 1 fully saturated rings. The standard InChI is InChI=1S/C28H33ClN2O5S2/c1-2-14-36-27-8-5-25(29)19-24(27)20-30(28(32)18-23-10-17-37-21-23)11-9-22-3-6-26(7-4-22)38(33,34)31-12-15-35-16-13-31/h3-8,10,17,19,21H,2,9,11-16,18,20H2,1H3. The maximum Gasteiger partial charge on any atom is 0.243 e. The van der Waals surface area contributed by atoms with Crippen molar-refractivity contribution in [3.8, 4) is 5.75 Å². The van der Waals surface area contributed by atoms with Crippen molar-refractivity contribution in [3.05, 3.63) is 81.0 Å². The van der Waals surface area contributed by atoms with E-state index in [2.05, 4.69) is 0 Å². The molecular weight excluding hydrogens is 544 g/mol. The van der Waals surface area contributed by atoms with Crippen LogP contribution in [-0.2, 0) is 38.9 Å². The highest BCUT2D eigenvalue weighted by Gasteiger charge is 2.26. The zero-order chi connectivity index (χ0) is 27.0. The van der Waals surface area contributed by atoms with Crippen LogP contribution in [0.2, 0.25) is 5.02 Å². The molecular formula is C28H33ClN2O5S2. The third-order valence-corrected chi connectivity index (χ3v) is 9.22. The molecule has 1 saturated heterocycles. The molecule has 0 unspecified atom stereocenters. The second-order valence-corrected chi connectivity index (χ2v) is 12.3. The third kappa shape index (κ3) is 7.57. The molecule has 1 aromatic heterocycles. The molecule has 0 saturated carbocycles. The van der Waals surface area contributed by atoms with Crippen molar-refractivity contribution in [3.63, 3.8) is 0 Å². The van der Waals surface area contributed by atoms with Crippen molar-refractivity contribution in [1.82, 2.24) is 9.21 Å². The Morgan fingerprint density at radius 3 is 2.55 bits per heavy atom. The van der Waals surface area contributed by atoms with Gasteiger partial charge in [0.25, 0.3) is 0 Å². The molecule has 0 spiro atoms. The van der Waals surface area contributed by atoms with Crippen LogP contribution in [0.4, 0.5) is 0 Å². The SMILES string of the molecule is CCCOc1ccc(Cl)cc1CN(CCc1ccc(S(=O)(=O)N2CCOCC2)cc1)C(=O)Cc1ccsc1. The number of benzene rings is 2. The topological polar surface area (TPSA) is 76.2 Å². The predicted molar refractivity (Wildman–Crippen MR) is 150 cm³/mol. The second kappa shape index (κ2) is 13.6. The number of nitrogens with zero attached hydrogens (tertiary/aromatic N) is 2. The molecule has 0 atom stereocenters. The molecule has 2 aromatic carbocycles. The van der Waals surface area contributed by atoms with Crippen molar-refractivity contribution in [1.29, 1.82) is 0 Å². The molecule has 3 aromatic rings. The van der Waals surface area contributed by atoms with Crippen molar-refractivity contribution in [2.24, 2.45) is 0 Å². The van der Waals surface area contributed by atoms with Crippen LogP contribution in [0, 0.1) is 0 Å². The molecule has 10 heteroatoms. The quantitative estimate of drug-likeness (QED) is 0.302. The molecule has 0 N–H and O–H groups in total. The summed E-state index contributed by atoms with van der Waals surface area (Å²) < 4.78 is 38.5. The minimum Gasteiger partial charge on any atom is -0.493 e. The van der Waals surface area contributed by atoms with Gasteiger partial charge in [0.2, 0.25) is 15.9 Å². The summed E-state index contributed by atoms with van der Waals surface area (Å²) in [5.41, 5.74) is 2.79. The Labute approximate surface area is 234 Å². The lowest BCUT2D eigenvalue weighted by atomic mass is 10.1. The van der Waals surface area contributed by atoms with E-state index in [4.69, 9.17) is 21.1 Å². The highest BCUT2D eigenvalue weighted by molar-refractivity contribution is 7.89. The van der Waals surface area contributed by atoms with Crippen LogP contribution in [0.15, 0.2) is 64.2 Å². The van der Waals surface area contributed by atoms with Crippen molar-refractivity contribution in [2.75, 3.05) is 39.5 Å². The molecule has 204 valence electrons. The highest BCUT2D eigenvalue weighted by Crippen LogP contribution is 2.26. The number of rotatable bonds is 12. The lowest BCUT2D eigenvalue weighted by molar-refractivity contribution is -0.131. The van der Waals surface area contributed by atoms with E-state index in [0.717, 1.165) is 28.9 Å². The van der Waals surface area contributed by atoms with Crippen LogP contribution in [0.5, 0.6) is 5.75 Å². The van der Waals surface area contributed by atoms with Gasteiger partial charge in [0.05, 0.1) is 31.1 Å². The molecule has 1 amide bonds. The molecule has 7 nitrogen and oxygen atoms in total. The van der Waals surface area contributed by atoms with E-state index in [1.807, 2.05) is 52.9 Å². The molecule has 4 rings (SSSR count). The van der Waals surface area contributed by atoms with E-state index in [1.165, 1.54) is 4.31 Å². The molecule has 0 aliphatic carbocycles. The summed E-state index contributed by atoms with van der Waals surface area (Å²) in [7, 11) is -3.55. The van der Waals surface area contributed by atoms with Gasteiger partial charge in [-0.2, -0.15) is 15.6 Å². The number of hydrogen-bond donors (Lipinski definition) is 0. The van der Waals surface area contributed by atoms with Crippen LogP contribution < -0.4 is 4.74 Å². The second-order valence-electron chi connectivity index (χ2n) is 9.13. The summed E-state index contributed by atoms with van der Waals surface area (Å²) in [6.45, 7) is 5.00. The Morgan fingerprint density at radius 1 is 1.11 bits per heavy atom. The fourth-order valence-electron chi connectivity index (χ4n) is 4.23. The number of carbonyl (C=O) groups is 1. The van der Waals surface area contributed by atoms with E-state index in [-0.39, 0.29) is 10.8 Å². The van der Waals surface area contributed by atoms with Crippen molar-refractivity contribution in [2.45, 2.75) is 37.6 Å². The number of amides is 1. The maximum atomic E-state index is 13.4. The van der Waals surface area contributed by atoms with Gasteiger partial charge in [0, 0.05) is 36.8 Å². The largest absolute Gasteiger partial charge is 0.493 e. The Bertz CT molecular complexity index is 1290. The highest BCUT2D eigenvalue weighted by atomic mass is 35.5. The number of hydrogen-bond acceptors (Lipinski definition) is 6. The van der Waals surface area contributed by atoms with Gasteiger partial charge in [0.1, 0.15) is 5.75 Å². The zero-order valence-electron chi connectivity index (χ0n) is 21.5. The van der Waals surface area contributed by atoms with Crippen LogP contribution in [0.3, 0.4) is 0 Å². The summed E-state index contributed by atoms with van der Waals surface area (Å²) in [6, 6.07) is 14.4. The van der Waals surface area contributed by atoms with E-state index < -0.39 is 10.0 Å². The smallest absolute Gasteiger partial charge is 0.243 e. The Balaban J connectivity index is 1.49. The molecule has 2 heterocycles. The predicted octanol–water partition coefficient (Wildman–Crippen LogP) is 5.03. The first-order valence-electron chi connectivity index (χ1n) is 12.7. The normalized spacial score (nSPS) is 14.4. The van der Waals surface area contributed by atoms with E-state index in [0.29, 0.717) is 63.9 Å². The summed E-state index contributed by atoms with van der Waals surface area (Å²) >= 11 is 7.86. The van der Waals surface area contributed by atoms with E-state index in [1.54, 1.807) is 29.5 Å². The van der Waals surface area contributed by atoms with Crippen LogP contribution in [0.1, 0.15) is 30.0 Å². The molecule has 38 heavy (non-hydrogen) atoms. The van der Waals surface area contributed by atoms with Gasteiger partial charge in [-0.05, 0) is 71.1 Å². The van der Waals surface area contributed by atoms with Gasteiger partial charge in [0.15, 0.2) is 0 Å². The molecule has 1 aliphatic rings. The monoisotopic (exact) mass is 576 g/mol. The number of halogens is 1. The summed E-state index contributed by atoms with van der Waals surface area (Å²) in [6.07, 6.45) is 1.77. The maximum absolute atomic E-state index is 13.4. The minimum absolute atomic E-state index is 0.0105. The average molecular weight is 577 g/mol. The number of carbonyl (C=O) groups excluding carboxylic acids is 1. The molecule has 1 aliphatic heterocycles. The lowest BCUT2D eigenvalue weighted by Gasteiger charge is -2.26. The van der Waals surface area contributed by atoms with Crippen molar-refractivity contribution < 1.29 is 22.7 Å². The first-order chi connectivity index (χ1) is 18.4. The average Bonchev–Trinajstić information content (AvgIpc) is 3.44. The van der Waals surface area contributed by atoms with Crippen LogP contribution >= 0.6 is 22.9 Å².